The van der Waals surface area contributed by atoms with Gasteiger partial charge in [0.15, 0.2) is 0 Å². The quantitative estimate of drug-likeness (QED) is 0.514. The van der Waals surface area contributed by atoms with Crippen molar-refractivity contribution in [3.05, 3.63) is 53.7 Å². The minimum absolute atomic E-state index is 0.0440. The highest BCUT2D eigenvalue weighted by molar-refractivity contribution is 8.00. The third kappa shape index (κ3) is 4.55. The maximum Gasteiger partial charge on any atom is 0.230 e. The summed E-state index contributed by atoms with van der Waals surface area (Å²) in [5.74, 6) is 0.417. The van der Waals surface area contributed by atoms with Gasteiger partial charge in [-0.05, 0) is 36.8 Å². The third-order valence-corrected chi connectivity index (χ3v) is 5.51. The topological polar surface area (TPSA) is 54.9 Å². The van der Waals surface area contributed by atoms with Gasteiger partial charge in [-0.2, -0.15) is 0 Å². The molecular weight excluding hydrogens is 338 g/mol. The summed E-state index contributed by atoms with van der Waals surface area (Å²) in [5.41, 5.74) is 1.30. The molecule has 0 fully saturated rings. The van der Waals surface area contributed by atoms with Crippen LogP contribution in [0, 0.1) is 0 Å². The number of aromatic nitrogens is 2. The zero-order valence-corrected chi connectivity index (χ0v) is 15.1. The van der Waals surface area contributed by atoms with Gasteiger partial charge in [0.05, 0.1) is 5.75 Å². The van der Waals surface area contributed by atoms with Gasteiger partial charge in [-0.3, -0.25) is 4.79 Å². The van der Waals surface area contributed by atoms with E-state index >= 15 is 0 Å². The Balaban J connectivity index is 1.46. The van der Waals surface area contributed by atoms with Gasteiger partial charge in [0.2, 0.25) is 5.91 Å². The molecule has 4 nitrogen and oxygen atoms in total. The highest BCUT2D eigenvalue weighted by Crippen LogP contribution is 2.27. The summed E-state index contributed by atoms with van der Waals surface area (Å²) in [6.45, 7) is 2.05. The van der Waals surface area contributed by atoms with E-state index in [0.29, 0.717) is 5.75 Å². The van der Waals surface area contributed by atoms with Crippen molar-refractivity contribution in [2.45, 2.75) is 30.8 Å². The molecule has 0 aliphatic carbocycles. The van der Waals surface area contributed by atoms with Gasteiger partial charge in [-0.25, -0.2) is 9.97 Å². The standard InChI is InChI=1S/C18H19N3OS2/c1-13(7-8-14-5-3-2-4-6-14)21-16(22)11-24-18-15-9-10-23-17(15)19-12-20-18/h2-6,9-10,12-13H,7-8,11H2,1H3,(H,21,22)/t13-/m0/s1. The van der Waals surface area contributed by atoms with Crippen LogP contribution in [0.3, 0.4) is 0 Å². The van der Waals surface area contributed by atoms with E-state index in [9.17, 15) is 4.79 Å². The molecule has 0 bridgehead atoms. The zero-order chi connectivity index (χ0) is 16.8. The second-order valence-electron chi connectivity index (χ2n) is 5.60. The second-order valence-corrected chi connectivity index (χ2v) is 7.46. The number of thiophene rings is 1. The molecule has 1 amide bonds. The molecule has 0 radical (unpaired) electrons. The molecule has 0 unspecified atom stereocenters. The van der Waals surface area contributed by atoms with Crippen LogP contribution in [-0.4, -0.2) is 27.7 Å². The molecule has 3 rings (SSSR count). The van der Waals surface area contributed by atoms with Crippen LogP contribution in [0.4, 0.5) is 0 Å². The highest BCUT2D eigenvalue weighted by atomic mass is 32.2. The maximum absolute atomic E-state index is 12.1. The van der Waals surface area contributed by atoms with Crippen LogP contribution in [0.5, 0.6) is 0 Å². The summed E-state index contributed by atoms with van der Waals surface area (Å²) in [4.78, 5) is 21.6. The Morgan fingerprint density at radius 2 is 2.08 bits per heavy atom. The minimum Gasteiger partial charge on any atom is -0.353 e. The van der Waals surface area contributed by atoms with Crippen LogP contribution in [0.2, 0.25) is 0 Å². The molecule has 0 spiro atoms. The van der Waals surface area contributed by atoms with Crippen LogP contribution in [-0.2, 0) is 11.2 Å². The van der Waals surface area contributed by atoms with Crippen molar-refractivity contribution in [2.24, 2.45) is 0 Å². The van der Waals surface area contributed by atoms with Crippen LogP contribution in [0.15, 0.2) is 53.1 Å². The Kier molecular flexibility index (Phi) is 5.82. The van der Waals surface area contributed by atoms with E-state index in [0.717, 1.165) is 28.1 Å². The van der Waals surface area contributed by atoms with Gasteiger partial charge in [-0.15, -0.1) is 11.3 Å². The summed E-state index contributed by atoms with van der Waals surface area (Å²) in [6, 6.07) is 12.5. The average molecular weight is 358 g/mol. The van der Waals surface area contributed by atoms with Gasteiger partial charge < -0.3 is 5.32 Å². The molecular formula is C18H19N3OS2. The SMILES string of the molecule is C[C@@H](CCc1ccccc1)NC(=O)CSc1ncnc2sccc12. The normalized spacial score (nSPS) is 12.2. The van der Waals surface area contributed by atoms with Crippen LogP contribution in [0.1, 0.15) is 18.9 Å². The molecule has 0 saturated carbocycles. The lowest BCUT2D eigenvalue weighted by atomic mass is 10.1. The Hall–Kier alpha value is -1.92. The summed E-state index contributed by atoms with van der Waals surface area (Å²) >= 11 is 3.05. The molecule has 2 heterocycles. The van der Waals surface area contributed by atoms with E-state index in [1.807, 2.05) is 36.6 Å². The fourth-order valence-electron chi connectivity index (χ4n) is 2.43. The van der Waals surface area contributed by atoms with E-state index in [4.69, 9.17) is 0 Å². The number of rotatable bonds is 7. The molecule has 0 saturated heterocycles. The van der Waals surface area contributed by atoms with Crippen molar-refractivity contribution >= 4 is 39.2 Å². The Labute approximate surface area is 149 Å². The number of carbonyl (C=O) groups excluding carboxylic acids is 1. The lowest BCUT2D eigenvalue weighted by Crippen LogP contribution is -2.34. The summed E-state index contributed by atoms with van der Waals surface area (Å²) in [6.07, 6.45) is 3.46. The number of hydrogen-bond acceptors (Lipinski definition) is 5. The number of benzene rings is 1. The van der Waals surface area contributed by atoms with Gasteiger partial charge >= 0.3 is 0 Å². The Bertz CT molecular complexity index is 804. The lowest BCUT2D eigenvalue weighted by molar-refractivity contribution is -0.119. The van der Waals surface area contributed by atoms with E-state index in [2.05, 4.69) is 27.4 Å². The smallest absolute Gasteiger partial charge is 0.230 e. The molecule has 124 valence electrons. The Morgan fingerprint density at radius 1 is 1.25 bits per heavy atom. The number of amides is 1. The Morgan fingerprint density at radius 3 is 2.92 bits per heavy atom. The summed E-state index contributed by atoms with van der Waals surface area (Å²) < 4.78 is 0. The maximum atomic E-state index is 12.1. The molecule has 1 atom stereocenters. The first-order valence-corrected chi connectivity index (χ1v) is 9.73. The first-order valence-electron chi connectivity index (χ1n) is 7.86. The van der Waals surface area contributed by atoms with Crippen molar-refractivity contribution in [1.29, 1.82) is 0 Å². The third-order valence-electron chi connectivity index (χ3n) is 3.68. The predicted octanol–water partition coefficient (Wildman–Crippen LogP) is 3.92. The fourth-order valence-corrected chi connectivity index (χ4v) is 4.02. The molecule has 1 aromatic carbocycles. The number of fused-ring (bicyclic) bond motifs is 1. The molecule has 2 aromatic heterocycles. The average Bonchev–Trinajstić information content (AvgIpc) is 3.08. The number of nitrogens with one attached hydrogen (secondary N) is 1. The predicted molar refractivity (Wildman–Crippen MR) is 101 cm³/mol. The van der Waals surface area contributed by atoms with Crippen molar-refractivity contribution < 1.29 is 4.79 Å². The minimum atomic E-state index is 0.0440. The van der Waals surface area contributed by atoms with Crippen LogP contribution < -0.4 is 5.32 Å². The molecule has 6 heteroatoms. The van der Waals surface area contributed by atoms with E-state index < -0.39 is 0 Å². The van der Waals surface area contributed by atoms with Gasteiger partial charge in [0.1, 0.15) is 16.2 Å². The van der Waals surface area contributed by atoms with Gasteiger partial charge in [0, 0.05) is 11.4 Å². The van der Waals surface area contributed by atoms with Crippen molar-refractivity contribution in [3.8, 4) is 0 Å². The highest BCUT2D eigenvalue weighted by Gasteiger charge is 2.11. The largest absolute Gasteiger partial charge is 0.353 e. The van der Waals surface area contributed by atoms with Crippen LogP contribution in [0.25, 0.3) is 10.2 Å². The lowest BCUT2D eigenvalue weighted by Gasteiger charge is -2.13. The van der Waals surface area contributed by atoms with E-state index in [1.165, 1.54) is 17.3 Å². The number of hydrogen-bond donors (Lipinski definition) is 1. The monoisotopic (exact) mass is 357 g/mol. The number of aryl methyl sites for hydroxylation is 1. The first kappa shape index (κ1) is 16.9. The van der Waals surface area contributed by atoms with Crippen LogP contribution >= 0.6 is 23.1 Å². The van der Waals surface area contributed by atoms with Gasteiger partial charge in [0.25, 0.3) is 0 Å². The van der Waals surface area contributed by atoms with Gasteiger partial charge in [-0.1, -0.05) is 42.1 Å². The molecule has 0 aliphatic rings. The molecule has 0 aliphatic heterocycles. The van der Waals surface area contributed by atoms with Crippen molar-refractivity contribution in [2.75, 3.05) is 5.75 Å². The van der Waals surface area contributed by atoms with E-state index in [1.54, 1.807) is 17.7 Å². The summed E-state index contributed by atoms with van der Waals surface area (Å²) in [7, 11) is 0. The molecule has 24 heavy (non-hydrogen) atoms. The zero-order valence-electron chi connectivity index (χ0n) is 13.4. The number of carbonyl (C=O) groups is 1. The molecule has 3 aromatic rings. The van der Waals surface area contributed by atoms with Crippen molar-refractivity contribution in [3.63, 3.8) is 0 Å². The number of thioether (sulfide) groups is 1. The summed E-state index contributed by atoms with van der Waals surface area (Å²) in [5, 5.41) is 6.95. The van der Waals surface area contributed by atoms with E-state index in [-0.39, 0.29) is 11.9 Å². The molecule has 1 N–H and O–H groups in total. The number of nitrogens with zero attached hydrogens (tertiary/aromatic N) is 2. The first-order chi connectivity index (χ1) is 11.7. The van der Waals surface area contributed by atoms with Crippen molar-refractivity contribution in [1.82, 2.24) is 15.3 Å². The fraction of sp³-hybridized carbons (Fsp3) is 0.278. The second kappa shape index (κ2) is 8.26.